The molecule has 1 heterocycles. The van der Waals surface area contributed by atoms with Crippen LogP contribution >= 0.6 is 11.8 Å². The van der Waals surface area contributed by atoms with Crippen LogP contribution in [0.4, 0.5) is 0 Å². The molecule has 3 N–H and O–H groups in total. The van der Waals surface area contributed by atoms with Crippen LogP contribution in [0.2, 0.25) is 0 Å². The first kappa shape index (κ1) is 13.5. The Labute approximate surface area is 125 Å². The highest BCUT2D eigenvalue weighted by Gasteiger charge is 2.14. The average Bonchev–Trinajstić information content (AvgIpc) is 2.91. The Hall–Kier alpha value is -2.47. The van der Waals surface area contributed by atoms with Gasteiger partial charge in [-0.1, -0.05) is 29.4 Å². The van der Waals surface area contributed by atoms with Crippen molar-refractivity contribution in [3.8, 4) is 0 Å². The van der Waals surface area contributed by atoms with Crippen LogP contribution in [-0.2, 0) is 0 Å². The third kappa shape index (κ3) is 2.57. The number of aryl methyl sites for hydroxylation is 1. The third-order valence-electron chi connectivity index (χ3n) is 3.06. The molecular formula is C15H13N3O2S. The Morgan fingerprint density at radius 1 is 1.24 bits per heavy atom. The molecule has 0 fully saturated rings. The SMILES string of the molecule is Cc1cccc(/C(N)=N/O)c1Sc1nc2ccccc2o1. The van der Waals surface area contributed by atoms with Crippen LogP contribution in [0.1, 0.15) is 11.1 Å². The van der Waals surface area contributed by atoms with E-state index in [-0.39, 0.29) is 5.84 Å². The maximum atomic E-state index is 8.90. The molecule has 0 radical (unpaired) electrons. The maximum Gasteiger partial charge on any atom is 0.261 e. The summed E-state index contributed by atoms with van der Waals surface area (Å²) < 4.78 is 5.70. The van der Waals surface area contributed by atoms with Crippen LogP contribution in [0.5, 0.6) is 0 Å². The van der Waals surface area contributed by atoms with Gasteiger partial charge in [-0.05, 0) is 42.4 Å². The molecule has 1 aromatic heterocycles. The van der Waals surface area contributed by atoms with Gasteiger partial charge >= 0.3 is 0 Å². The molecule has 0 aliphatic rings. The molecule has 0 unspecified atom stereocenters. The summed E-state index contributed by atoms with van der Waals surface area (Å²) in [6, 6.07) is 13.2. The molecule has 0 aliphatic carbocycles. The zero-order valence-corrected chi connectivity index (χ0v) is 12.1. The van der Waals surface area contributed by atoms with Crippen molar-refractivity contribution in [2.45, 2.75) is 17.0 Å². The molecule has 0 saturated carbocycles. The molecule has 2 aromatic carbocycles. The minimum Gasteiger partial charge on any atom is -0.431 e. The number of amidine groups is 1. The Kier molecular flexibility index (Phi) is 3.53. The van der Waals surface area contributed by atoms with Crippen LogP contribution in [0, 0.1) is 6.92 Å². The quantitative estimate of drug-likeness (QED) is 0.335. The molecule has 5 nitrogen and oxygen atoms in total. The number of fused-ring (bicyclic) bond motifs is 1. The summed E-state index contributed by atoms with van der Waals surface area (Å²) in [4.78, 5) is 5.29. The number of oxazole rings is 1. The van der Waals surface area contributed by atoms with Gasteiger partial charge in [0.2, 0.25) is 0 Å². The van der Waals surface area contributed by atoms with Gasteiger partial charge in [-0.3, -0.25) is 0 Å². The first-order valence-electron chi connectivity index (χ1n) is 6.30. The number of oxime groups is 1. The van der Waals surface area contributed by atoms with E-state index in [0.717, 1.165) is 21.6 Å². The van der Waals surface area contributed by atoms with Crippen molar-refractivity contribution in [1.29, 1.82) is 0 Å². The fourth-order valence-electron chi connectivity index (χ4n) is 2.03. The summed E-state index contributed by atoms with van der Waals surface area (Å²) in [6.07, 6.45) is 0. The highest BCUT2D eigenvalue weighted by atomic mass is 32.2. The van der Waals surface area contributed by atoms with Crippen LogP contribution in [0.3, 0.4) is 0 Å². The molecule has 0 bridgehead atoms. The van der Waals surface area contributed by atoms with Crippen molar-refractivity contribution in [2.75, 3.05) is 0 Å². The number of aromatic nitrogens is 1. The molecule has 106 valence electrons. The monoisotopic (exact) mass is 299 g/mol. The van der Waals surface area contributed by atoms with Crippen LogP contribution in [0.25, 0.3) is 11.1 Å². The van der Waals surface area contributed by atoms with Crippen molar-refractivity contribution >= 4 is 28.7 Å². The fraction of sp³-hybridized carbons (Fsp3) is 0.0667. The van der Waals surface area contributed by atoms with Gasteiger partial charge in [-0.15, -0.1) is 0 Å². The normalized spacial score (nSPS) is 12.0. The van der Waals surface area contributed by atoms with Crippen molar-refractivity contribution in [3.05, 3.63) is 53.6 Å². The molecule has 3 rings (SSSR count). The summed E-state index contributed by atoms with van der Waals surface area (Å²) in [5.41, 5.74) is 8.93. The molecule has 21 heavy (non-hydrogen) atoms. The van der Waals surface area contributed by atoms with E-state index < -0.39 is 0 Å². The summed E-state index contributed by atoms with van der Waals surface area (Å²) >= 11 is 1.36. The molecule has 6 heteroatoms. The number of hydrogen-bond acceptors (Lipinski definition) is 5. The molecule has 0 saturated heterocycles. The number of nitrogens with zero attached hydrogens (tertiary/aromatic N) is 2. The predicted octanol–water partition coefficient (Wildman–Crippen LogP) is 3.38. The summed E-state index contributed by atoms with van der Waals surface area (Å²) in [5, 5.41) is 12.5. The lowest BCUT2D eigenvalue weighted by atomic mass is 10.1. The second kappa shape index (κ2) is 5.49. The highest BCUT2D eigenvalue weighted by Crippen LogP contribution is 2.34. The minimum absolute atomic E-state index is 0.0670. The minimum atomic E-state index is 0.0670. The molecule has 0 spiro atoms. The molecular weight excluding hydrogens is 286 g/mol. The topological polar surface area (TPSA) is 84.6 Å². The van der Waals surface area contributed by atoms with Gasteiger partial charge in [-0.25, -0.2) is 4.98 Å². The van der Waals surface area contributed by atoms with E-state index in [4.69, 9.17) is 15.4 Å². The van der Waals surface area contributed by atoms with Gasteiger partial charge in [0.1, 0.15) is 5.52 Å². The summed E-state index contributed by atoms with van der Waals surface area (Å²) in [5.74, 6) is 0.0670. The van der Waals surface area contributed by atoms with Gasteiger partial charge in [0, 0.05) is 10.5 Å². The van der Waals surface area contributed by atoms with Gasteiger partial charge in [0.25, 0.3) is 5.22 Å². The Bertz CT molecular complexity index is 794. The van der Waals surface area contributed by atoms with E-state index in [9.17, 15) is 0 Å². The first-order valence-corrected chi connectivity index (χ1v) is 7.11. The Morgan fingerprint density at radius 2 is 2.05 bits per heavy atom. The highest BCUT2D eigenvalue weighted by molar-refractivity contribution is 7.99. The molecule has 0 atom stereocenters. The second-order valence-corrected chi connectivity index (χ2v) is 5.45. The third-order valence-corrected chi connectivity index (χ3v) is 4.15. The van der Waals surface area contributed by atoms with Gasteiger partial charge in [0.05, 0.1) is 0 Å². The van der Waals surface area contributed by atoms with Gasteiger partial charge < -0.3 is 15.4 Å². The van der Waals surface area contributed by atoms with Crippen LogP contribution in [0.15, 0.2) is 62.2 Å². The summed E-state index contributed by atoms with van der Waals surface area (Å²) in [6.45, 7) is 1.96. The zero-order valence-electron chi connectivity index (χ0n) is 11.3. The second-order valence-electron chi connectivity index (χ2n) is 4.49. The summed E-state index contributed by atoms with van der Waals surface area (Å²) in [7, 11) is 0. The van der Waals surface area contributed by atoms with Crippen molar-refractivity contribution < 1.29 is 9.62 Å². The average molecular weight is 299 g/mol. The predicted molar refractivity (Wildman–Crippen MR) is 81.8 cm³/mol. The first-order chi connectivity index (χ1) is 10.2. The van der Waals surface area contributed by atoms with Crippen LogP contribution in [-0.4, -0.2) is 16.0 Å². The van der Waals surface area contributed by atoms with E-state index >= 15 is 0 Å². The van der Waals surface area contributed by atoms with Crippen molar-refractivity contribution in [3.63, 3.8) is 0 Å². The standard InChI is InChI=1S/C15H13N3O2S/c1-9-5-4-6-10(14(16)18-19)13(9)21-15-17-11-7-2-3-8-12(11)20-15/h2-8,19H,1H3,(H2,16,18). The van der Waals surface area contributed by atoms with Gasteiger partial charge in [0.15, 0.2) is 11.4 Å². The van der Waals surface area contributed by atoms with Crippen molar-refractivity contribution in [2.24, 2.45) is 10.9 Å². The number of benzene rings is 2. The number of nitrogens with two attached hydrogens (primary N) is 1. The van der Waals surface area contributed by atoms with E-state index in [2.05, 4.69) is 10.1 Å². The lowest BCUT2D eigenvalue weighted by molar-refractivity contribution is 0.318. The fourth-order valence-corrected chi connectivity index (χ4v) is 2.99. The lowest BCUT2D eigenvalue weighted by Gasteiger charge is -2.08. The van der Waals surface area contributed by atoms with E-state index in [1.165, 1.54) is 11.8 Å². The van der Waals surface area contributed by atoms with Crippen molar-refractivity contribution in [1.82, 2.24) is 4.98 Å². The smallest absolute Gasteiger partial charge is 0.261 e. The largest absolute Gasteiger partial charge is 0.431 e. The maximum absolute atomic E-state index is 8.90. The zero-order chi connectivity index (χ0) is 14.8. The van der Waals surface area contributed by atoms with E-state index in [0.29, 0.717) is 10.8 Å². The molecule has 0 aliphatic heterocycles. The number of hydrogen-bond donors (Lipinski definition) is 2. The molecule has 0 amide bonds. The van der Waals surface area contributed by atoms with E-state index in [1.54, 1.807) is 6.07 Å². The van der Waals surface area contributed by atoms with Gasteiger partial charge in [-0.2, -0.15) is 0 Å². The van der Waals surface area contributed by atoms with E-state index in [1.807, 2.05) is 43.3 Å². The lowest BCUT2D eigenvalue weighted by Crippen LogP contribution is -2.14. The molecule has 3 aromatic rings. The number of para-hydroxylation sites is 2. The number of rotatable bonds is 3. The Balaban J connectivity index is 2.05. The Morgan fingerprint density at radius 3 is 2.81 bits per heavy atom. The van der Waals surface area contributed by atoms with Crippen LogP contribution < -0.4 is 5.73 Å².